The summed E-state index contributed by atoms with van der Waals surface area (Å²) in [6.07, 6.45) is 3.45. The van der Waals surface area contributed by atoms with E-state index < -0.39 is 8.38 Å². The molecule has 3 aromatic heterocycles. The Labute approximate surface area is 153 Å². The number of hydrogen-bond donors (Lipinski definition) is 4. The van der Waals surface area contributed by atoms with Crippen molar-refractivity contribution >= 4 is 25.4 Å². The molecule has 0 saturated carbocycles. The summed E-state index contributed by atoms with van der Waals surface area (Å²) >= 11 is 0. The van der Waals surface area contributed by atoms with E-state index in [2.05, 4.69) is 20.1 Å². The van der Waals surface area contributed by atoms with Crippen LogP contribution in [-0.2, 0) is 12.7 Å². The van der Waals surface area contributed by atoms with Crippen LogP contribution in [0.5, 0.6) is 0 Å². The predicted octanol–water partition coefficient (Wildman–Crippen LogP) is 0.732. The second-order valence-corrected chi connectivity index (χ2v) is 6.99. The molecule has 0 saturated heterocycles. The maximum absolute atomic E-state index is 12.4. The van der Waals surface area contributed by atoms with Crippen LogP contribution in [0.15, 0.2) is 47.5 Å². The number of nitrogens with two attached hydrogens (primary N) is 1. The average Bonchev–Trinajstić information content (AvgIpc) is 3.25. The Morgan fingerprint density at radius 3 is 2.74 bits per heavy atom. The van der Waals surface area contributed by atoms with Crippen LogP contribution in [0.4, 0.5) is 5.82 Å². The lowest BCUT2D eigenvalue weighted by Gasteiger charge is -2.08. The summed E-state index contributed by atoms with van der Waals surface area (Å²) in [4.78, 5) is 42.2. The van der Waals surface area contributed by atoms with Gasteiger partial charge in [-0.3, -0.25) is 4.57 Å². The molecule has 11 heteroatoms. The van der Waals surface area contributed by atoms with Crippen LogP contribution in [0, 0.1) is 0 Å². The number of benzene rings is 1. The maximum atomic E-state index is 12.4. The molecule has 0 aliphatic carbocycles. The molecule has 3 heterocycles. The topological polar surface area (TPSA) is 148 Å². The van der Waals surface area contributed by atoms with E-state index >= 15 is 0 Å². The Balaban J connectivity index is 1.78. The lowest BCUT2D eigenvalue weighted by molar-refractivity contribution is 0.481. The summed E-state index contributed by atoms with van der Waals surface area (Å²) in [5, 5.41) is 4.09. The van der Waals surface area contributed by atoms with E-state index in [0.29, 0.717) is 11.2 Å². The van der Waals surface area contributed by atoms with Crippen LogP contribution in [0.3, 0.4) is 0 Å². The number of aromatic amines is 1. The molecule has 0 amide bonds. The summed E-state index contributed by atoms with van der Waals surface area (Å²) in [6, 6.07) is 9.02. The highest BCUT2D eigenvalue weighted by Crippen LogP contribution is 2.29. The number of H-pyrrole nitrogens is 1. The van der Waals surface area contributed by atoms with Crippen molar-refractivity contribution in [3.8, 4) is 5.95 Å². The smallest absolute Gasteiger partial charge is 0.328 e. The normalized spacial score (nSPS) is 11.5. The number of hydrogen-bond acceptors (Lipinski definition) is 7. The first-order valence-corrected chi connectivity index (χ1v) is 9.43. The highest BCUT2D eigenvalue weighted by atomic mass is 31.2. The van der Waals surface area contributed by atoms with Crippen LogP contribution in [-0.4, -0.2) is 39.1 Å². The van der Waals surface area contributed by atoms with Gasteiger partial charge in [-0.25, -0.2) is 9.48 Å². The van der Waals surface area contributed by atoms with Gasteiger partial charge in [0.15, 0.2) is 19.8 Å². The first kappa shape index (κ1) is 17.3. The minimum absolute atomic E-state index is 0.154. The fourth-order valence-electron chi connectivity index (χ4n) is 2.85. The molecule has 27 heavy (non-hydrogen) atoms. The van der Waals surface area contributed by atoms with Gasteiger partial charge in [0.2, 0.25) is 0 Å². The second-order valence-electron chi connectivity index (χ2n) is 5.92. The lowest BCUT2D eigenvalue weighted by Crippen LogP contribution is -2.18. The molecule has 138 valence electrons. The van der Waals surface area contributed by atoms with Crippen molar-refractivity contribution in [2.24, 2.45) is 0 Å². The van der Waals surface area contributed by atoms with E-state index in [0.717, 1.165) is 11.1 Å². The third-order valence-electron chi connectivity index (χ3n) is 4.00. The van der Waals surface area contributed by atoms with Gasteiger partial charge < -0.3 is 20.5 Å². The quantitative estimate of drug-likeness (QED) is 0.370. The first-order valence-electron chi connectivity index (χ1n) is 8.00. The molecule has 0 aliphatic rings. The van der Waals surface area contributed by atoms with Gasteiger partial charge in [-0.15, -0.1) is 0 Å². The largest absolute Gasteiger partial charge is 0.382 e. The molecule has 0 aliphatic heterocycles. The average molecular weight is 385 g/mol. The Hall–Kier alpha value is -3.07. The molecule has 5 N–H and O–H groups in total. The molecule has 0 bridgehead atoms. The van der Waals surface area contributed by atoms with E-state index in [4.69, 9.17) is 5.73 Å². The SMILES string of the molecule is Nc1nc(-n2cccn2)nc2c1[nH]c(=O)n2Cc1cccc(CP(O)O)c1. The van der Waals surface area contributed by atoms with Crippen LogP contribution >= 0.6 is 8.38 Å². The number of anilines is 1. The molecule has 0 radical (unpaired) electrons. The highest BCUT2D eigenvalue weighted by molar-refractivity contribution is 7.44. The number of fused-ring (bicyclic) bond motifs is 1. The molecule has 0 fully saturated rings. The van der Waals surface area contributed by atoms with Gasteiger partial charge >= 0.3 is 5.69 Å². The maximum Gasteiger partial charge on any atom is 0.328 e. The van der Waals surface area contributed by atoms with E-state index in [1.165, 1.54) is 9.25 Å². The monoisotopic (exact) mass is 385 g/mol. The summed E-state index contributed by atoms with van der Waals surface area (Å²) in [7, 11) is -2.02. The van der Waals surface area contributed by atoms with Crippen molar-refractivity contribution in [3.05, 3.63) is 64.3 Å². The van der Waals surface area contributed by atoms with Gasteiger partial charge in [0.1, 0.15) is 5.52 Å². The molecule has 4 rings (SSSR count). The van der Waals surface area contributed by atoms with Gasteiger partial charge in [-0.05, 0) is 17.2 Å². The van der Waals surface area contributed by atoms with Gasteiger partial charge in [0.05, 0.1) is 6.54 Å². The first-order chi connectivity index (χ1) is 13.0. The number of nitrogen functional groups attached to an aromatic ring is 1. The summed E-state index contributed by atoms with van der Waals surface area (Å²) < 4.78 is 2.92. The molecule has 10 nitrogen and oxygen atoms in total. The zero-order chi connectivity index (χ0) is 19.0. The summed E-state index contributed by atoms with van der Waals surface area (Å²) in [5.74, 6) is 0.416. The third-order valence-corrected chi connectivity index (χ3v) is 4.65. The van der Waals surface area contributed by atoms with Crippen molar-refractivity contribution in [2.45, 2.75) is 12.7 Å². The highest BCUT2D eigenvalue weighted by Gasteiger charge is 2.15. The van der Waals surface area contributed by atoms with Gasteiger partial charge in [0.25, 0.3) is 5.95 Å². The van der Waals surface area contributed by atoms with Crippen molar-refractivity contribution < 1.29 is 9.79 Å². The Bertz CT molecular complexity index is 1150. The van der Waals surface area contributed by atoms with Crippen molar-refractivity contribution in [1.29, 1.82) is 0 Å². The van der Waals surface area contributed by atoms with Gasteiger partial charge in [-0.2, -0.15) is 15.1 Å². The Kier molecular flexibility index (Phi) is 4.44. The molecular formula is C16H16N7O3P. The molecule has 0 spiro atoms. The zero-order valence-corrected chi connectivity index (χ0v) is 14.9. The van der Waals surface area contributed by atoms with Crippen molar-refractivity contribution in [2.75, 3.05) is 5.73 Å². The number of nitrogens with zero attached hydrogens (tertiary/aromatic N) is 5. The number of rotatable bonds is 5. The van der Waals surface area contributed by atoms with E-state index in [1.54, 1.807) is 24.5 Å². The fraction of sp³-hybridized carbons (Fsp3) is 0.125. The van der Waals surface area contributed by atoms with E-state index in [1.807, 2.05) is 18.2 Å². The zero-order valence-electron chi connectivity index (χ0n) is 14.0. The minimum atomic E-state index is -2.02. The molecule has 4 aromatic rings. The Morgan fingerprint density at radius 2 is 2.00 bits per heavy atom. The third kappa shape index (κ3) is 3.45. The minimum Gasteiger partial charge on any atom is -0.382 e. The lowest BCUT2D eigenvalue weighted by atomic mass is 10.1. The summed E-state index contributed by atoms with van der Waals surface area (Å²) in [5.41, 5.74) is 7.97. The molecule has 0 atom stereocenters. The van der Waals surface area contributed by atoms with Crippen molar-refractivity contribution in [3.63, 3.8) is 0 Å². The van der Waals surface area contributed by atoms with Crippen LogP contribution in [0.2, 0.25) is 0 Å². The fourth-order valence-corrected chi connectivity index (χ4v) is 3.37. The molecule has 0 unspecified atom stereocenters. The van der Waals surface area contributed by atoms with Crippen LogP contribution in [0.25, 0.3) is 17.1 Å². The van der Waals surface area contributed by atoms with Gasteiger partial charge in [-0.1, -0.05) is 24.3 Å². The van der Waals surface area contributed by atoms with Gasteiger partial charge in [0, 0.05) is 18.6 Å². The Morgan fingerprint density at radius 1 is 1.19 bits per heavy atom. The molecular weight excluding hydrogens is 369 g/mol. The number of imidazole rings is 1. The second kappa shape index (κ2) is 6.92. The van der Waals surface area contributed by atoms with Crippen LogP contribution in [0.1, 0.15) is 11.1 Å². The number of aromatic nitrogens is 6. The summed E-state index contributed by atoms with van der Waals surface area (Å²) in [6.45, 7) is 0.246. The van der Waals surface area contributed by atoms with Crippen LogP contribution < -0.4 is 11.4 Å². The van der Waals surface area contributed by atoms with Crippen molar-refractivity contribution in [1.82, 2.24) is 29.3 Å². The number of nitrogens with one attached hydrogen (secondary N) is 1. The van der Waals surface area contributed by atoms with E-state index in [9.17, 15) is 14.6 Å². The molecule has 1 aromatic carbocycles. The predicted molar refractivity (Wildman–Crippen MR) is 100 cm³/mol. The van der Waals surface area contributed by atoms with E-state index in [-0.39, 0.29) is 30.2 Å². The standard InChI is InChI=1S/C16H16N7O3P/c17-13-12-14(21-15(20-13)23-6-2-5-18-23)22(16(24)19-12)8-10-3-1-4-11(7-10)9-27(25)26/h1-7,25-26H,8-9H2,(H,19,24)(H2,17,20,21).